The number of aromatic carboxylic acids is 1. The summed E-state index contributed by atoms with van der Waals surface area (Å²) < 4.78 is 1.94. The summed E-state index contributed by atoms with van der Waals surface area (Å²) in [6.45, 7) is 1.79. The highest BCUT2D eigenvalue weighted by molar-refractivity contribution is 8.00. The fraction of sp³-hybridized carbons (Fsp3) is 0.100. The normalized spacial score (nSPS) is 12.2. The van der Waals surface area contributed by atoms with Gasteiger partial charge in [-0.25, -0.2) is 4.79 Å². The Labute approximate surface area is 164 Å². The van der Waals surface area contributed by atoms with Crippen LogP contribution in [0.15, 0.2) is 65.8 Å². The van der Waals surface area contributed by atoms with Crippen molar-refractivity contribution < 1.29 is 14.7 Å². The molecule has 0 aliphatic rings. The van der Waals surface area contributed by atoms with Crippen molar-refractivity contribution in [3.8, 4) is 0 Å². The molecular formula is C20H16N4O3S. The van der Waals surface area contributed by atoms with Gasteiger partial charge in [0.1, 0.15) is 0 Å². The second-order valence-electron chi connectivity index (χ2n) is 6.20. The maximum absolute atomic E-state index is 12.6. The summed E-state index contributed by atoms with van der Waals surface area (Å²) in [4.78, 5) is 23.5. The molecule has 0 fully saturated rings. The molecule has 0 spiro atoms. The van der Waals surface area contributed by atoms with Crippen molar-refractivity contribution in [1.82, 2.24) is 14.6 Å². The number of rotatable bonds is 5. The van der Waals surface area contributed by atoms with E-state index >= 15 is 0 Å². The van der Waals surface area contributed by atoms with Gasteiger partial charge in [0.05, 0.1) is 16.3 Å². The molecule has 140 valence electrons. The maximum Gasteiger partial charge on any atom is 0.335 e. The molecule has 7 nitrogen and oxygen atoms in total. The van der Waals surface area contributed by atoms with Gasteiger partial charge in [-0.2, -0.15) is 0 Å². The van der Waals surface area contributed by atoms with E-state index in [9.17, 15) is 9.59 Å². The third-order valence-corrected chi connectivity index (χ3v) is 5.34. The smallest absolute Gasteiger partial charge is 0.335 e. The molecule has 1 atom stereocenters. The number of pyridine rings is 1. The first-order chi connectivity index (χ1) is 13.5. The van der Waals surface area contributed by atoms with Crippen LogP contribution < -0.4 is 5.32 Å². The molecule has 1 amide bonds. The number of para-hydroxylation sites is 1. The number of benzene rings is 2. The maximum atomic E-state index is 12.6. The van der Waals surface area contributed by atoms with Crippen LogP contribution in [-0.2, 0) is 4.79 Å². The number of hydrogen-bond donors (Lipinski definition) is 2. The quantitative estimate of drug-likeness (QED) is 0.503. The zero-order valence-electron chi connectivity index (χ0n) is 14.9. The predicted octanol–water partition coefficient (Wildman–Crippen LogP) is 3.70. The minimum absolute atomic E-state index is 0.169. The molecular weight excluding hydrogens is 376 g/mol. The number of anilines is 1. The summed E-state index contributed by atoms with van der Waals surface area (Å²) in [7, 11) is 0. The summed E-state index contributed by atoms with van der Waals surface area (Å²) in [5.41, 5.74) is 2.41. The largest absolute Gasteiger partial charge is 0.478 e. The molecule has 2 heterocycles. The summed E-state index contributed by atoms with van der Waals surface area (Å²) in [5, 5.41) is 21.4. The third-order valence-electron chi connectivity index (χ3n) is 4.30. The number of nitrogens with zero attached hydrogens (tertiary/aromatic N) is 3. The second-order valence-corrected chi connectivity index (χ2v) is 7.51. The van der Waals surface area contributed by atoms with Crippen LogP contribution in [0, 0.1) is 0 Å². The lowest BCUT2D eigenvalue weighted by Gasteiger charge is -2.12. The molecule has 1 unspecified atom stereocenters. The molecule has 0 aliphatic carbocycles. The SMILES string of the molecule is CC(Sc1nnc2ccc3ccccc3n12)C(=O)Nc1ccc(C(=O)O)cc1. The fourth-order valence-corrected chi connectivity index (χ4v) is 3.71. The minimum atomic E-state index is -1.01. The Morgan fingerprint density at radius 1 is 1.04 bits per heavy atom. The molecule has 0 saturated heterocycles. The van der Waals surface area contributed by atoms with Crippen molar-refractivity contribution in [1.29, 1.82) is 0 Å². The lowest BCUT2D eigenvalue weighted by molar-refractivity contribution is -0.115. The van der Waals surface area contributed by atoms with Gasteiger partial charge in [0.15, 0.2) is 10.8 Å². The highest BCUT2D eigenvalue weighted by Crippen LogP contribution is 2.26. The number of nitrogens with one attached hydrogen (secondary N) is 1. The van der Waals surface area contributed by atoms with Crippen molar-refractivity contribution in [2.45, 2.75) is 17.3 Å². The van der Waals surface area contributed by atoms with E-state index in [0.29, 0.717) is 10.8 Å². The molecule has 2 N–H and O–H groups in total. The van der Waals surface area contributed by atoms with E-state index in [1.54, 1.807) is 19.1 Å². The number of amides is 1. The Hall–Kier alpha value is -3.39. The standard InChI is InChI=1S/C20H16N4O3S/c1-12(18(25)21-15-9-6-14(7-10-15)19(26)27)28-20-23-22-17-11-8-13-4-2-3-5-16(13)24(17)20/h2-12H,1H3,(H,21,25)(H,26,27). The summed E-state index contributed by atoms with van der Waals surface area (Å²) in [5.74, 6) is -1.21. The van der Waals surface area contributed by atoms with Gasteiger partial charge < -0.3 is 10.4 Å². The fourth-order valence-electron chi connectivity index (χ4n) is 2.84. The van der Waals surface area contributed by atoms with Crippen molar-refractivity contribution in [2.75, 3.05) is 5.32 Å². The van der Waals surface area contributed by atoms with Crippen LogP contribution in [0.1, 0.15) is 17.3 Å². The number of fused-ring (bicyclic) bond motifs is 3. The van der Waals surface area contributed by atoms with Gasteiger partial charge in [0.2, 0.25) is 5.91 Å². The van der Waals surface area contributed by atoms with Crippen LogP contribution in [0.3, 0.4) is 0 Å². The Morgan fingerprint density at radius 3 is 2.54 bits per heavy atom. The zero-order chi connectivity index (χ0) is 19.7. The first-order valence-electron chi connectivity index (χ1n) is 8.57. The molecule has 0 radical (unpaired) electrons. The van der Waals surface area contributed by atoms with Crippen molar-refractivity contribution in [3.05, 3.63) is 66.2 Å². The van der Waals surface area contributed by atoms with Crippen LogP contribution in [0.2, 0.25) is 0 Å². The molecule has 0 bridgehead atoms. The van der Waals surface area contributed by atoms with Crippen LogP contribution in [-0.4, -0.2) is 36.8 Å². The van der Waals surface area contributed by atoms with Crippen LogP contribution in [0.5, 0.6) is 0 Å². The van der Waals surface area contributed by atoms with E-state index in [0.717, 1.165) is 16.6 Å². The average molecular weight is 392 g/mol. The monoisotopic (exact) mass is 392 g/mol. The van der Waals surface area contributed by atoms with E-state index in [-0.39, 0.29) is 11.5 Å². The van der Waals surface area contributed by atoms with Gasteiger partial charge in [-0.15, -0.1) is 10.2 Å². The van der Waals surface area contributed by atoms with Crippen LogP contribution in [0.25, 0.3) is 16.6 Å². The lowest BCUT2D eigenvalue weighted by atomic mass is 10.2. The Morgan fingerprint density at radius 2 is 1.79 bits per heavy atom. The average Bonchev–Trinajstić information content (AvgIpc) is 3.11. The first-order valence-corrected chi connectivity index (χ1v) is 9.44. The molecule has 0 aliphatic heterocycles. The highest BCUT2D eigenvalue weighted by atomic mass is 32.2. The third kappa shape index (κ3) is 3.41. The van der Waals surface area contributed by atoms with E-state index in [4.69, 9.17) is 5.11 Å². The number of carbonyl (C=O) groups excluding carboxylic acids is 1. The van der Waals surface area contributed by atoms with E-state index in [1.807, 2.05) is 40.8 Å². The van der Waals surface area contributed by atoms with Crippen LogP contribution in [0.4, 0.5) is 5.69 Å². The van der Waals surface area contributed by atoms with Crippen LogP contribution >= 0.6 is 11.8 Å². The second kappa shape index (κ2) is 7.32. The molecule has 0 saturated carbocycles. The van der Waals surface area contributed by atoms with E-state index < -0.39 is 11.2 Å². The zero-order valence-corrected chi connectivity index (χ0v) is 15.7. The van der Waals surface area contributed by atoms with E-state index in [1.165, 1.54) is 23.9 Å². The lowest BCUT2D eigenvalue weighted by Crippen LogP contribution is -2.22. The number of thioether (sulfide) groups is 1. The van der Waals surface area contributed by atoms with Crippen molar-refractivity contribution in [2.24, 2.45) is 0 Å². The first kappa shape index (κ1) is 18.0. The number of hydrogen-bond acceptors (Lipinski definition) is 5. The van der Waals surface area contributed by atoms with Gasteiger partial charge in [-0.3, -0.25) is 9.20 Å². The number of carboxylic acid groups (broad SMARTS) is 1. The van der Waals surface area contributed by atoms with Gasteiger partial charge >= 0.3 is 5.97 Å². The Balaban J connectivity index is 1.54. The Kier molecular flexibility index (Phi) is 4.70. The Bertz CT molecular complexity index is 1190. The highest BCUT2D eigenvalue weighted by Gasteiger charge is 2.19. The summed E-state index contributed by atoms with van der Waals surface area (Å²) >= 11 is 1.31. The van der Waals surface area contributed by atoms with Gasteiger partial charge in [-0.1, -0.05) is 30.0 Å². The van der Waals surface area contributed by atoms with E-state index in [2.05, 4.69) is 15.5 Å². The summed E-state index contributed by atoms with van der Waals surface area (Å²) in [6, 6.07) is 17.9. The van der Waals surface area contributed by atoms with Crippen molar-refractivity contribution in [3.63, 3.8) is 0 Å². The van der Waals surface area contributed by atoms with Gasteiger partial charge in [0.25, 0.3) is 0 Å². The number of aromatic nitrogens is 3. The molecule has 2 aromatic carbocycles. The van der Waals surface area contributed by atoms with Gasteiger partial charge in [-0.05, 0) is 54.8 Å². The predicted molar refractivity (Wildman–Crippen MR) is 108 cm³/mol. The molecule has 4 rings (SSSR count). The molecule has 2 aromatic heterocycles. The topological polar surface area (TPSA) is 96.6 Å². The number of carbonyl (C=O) groups is 2. The molecule has 8 heteroatoms. The van der Waals surface area contributed by atoms with Crippen molar-refractivity contribution >= 4 is 45.9 Å². The molecule has 28 heavy (non-hydrogen) atoms. The minimum Gasteiger partial charge on any atom is -0.478 e. The van der Waals surface area contributed by atoms with Gasteiger partial charge in [0, 0.05) is 5.69 Å². The molecule has 4 aromatic rings. The number of carboxylic acids is 1. The summed E-state index contributed by atoms with van der Waals surface area (Å²) in [6.07, 6.45) is 0.